The summed E-state index contributed by atoms with van der Waals surface area (Å²) in [5.41, 5.74) is 0. The van der Waals surface area contributed by atoms with Crippen molar-refractivity contribution < 1.29 is 17.6 Å². The van der Waals surface area contributed by atoms with Gasteiger partial charge in [-0.1, -0.05) is 11.6 Å². The molecule has 90 valence electrons. The van der Waals surface area contributed by atoms with Crippen LogP contribution in [0.1, 0.15) is 0 Å². The van der Waals surface area contributed by atoms with Gasteiger partial charge in [0, 0.05) is 6.07 Å². The van der Waals surface area contributed by atoms with Crippen LogP contribution < -0.4 is 4.90 Å². The topological polar surface area (TPSA) is 41.4 Å². The van der Waals surface area contributed by atoms with E-state index < -0.39 is 41.5 Å². The van der Waals surface area contributed by atoms with E-state index in [-0.39, 0.29) is 0 Å². The standard InChI is InChI=1S/C8H3ClF4N4/c9-3-2-17(8(13)16-6(3)11)5-1-4(10)14-7(12)15-5/h1H,2H2. The summed E-state index contributed by atoms with van der Waals surface area (Å²) in [5, 5.41) is -0.397. The van der Waals surface area contributed by atoms with Gasteiger partial charge in [-0.25, -0.2) is 0 Å². The molecule has 0 amide bonds. The fourth-order valence-corrected chi connectivity index (χ4v) is 1.33. The molecule has 0 aliphatic carbocycles. The van der Waals surface area contributed by atoms with Crippen molar-refractivity contribution in [2.75, 3.05) is 11.4 Å². The summed E-state index contributed by atoms with van der Waals surface area (Å²) >= 11 is 5.41. The zero-order chi connectivity index (χ0) is 12.6. The molecule has 0 spiro atoms. The van der Waals surface area contributed by atoms with Crippen LogP contribution in [-0.2, 0) is 0 Å². The number of nitrogens with zero attached hydrogens (tertiary/aromatic N) is 4. The predicted octanol–water partition coefficient (Wildman–Crippen LogP) is 2.28. The molecular formula is C8H3ClF4N4. The van der Waals surface area contributed by atoms with E-state index >= 15 is 0 Å². The van der Waals surface area contributed by atoms with Crippen LogP contribution in [0.15, 0.2) is 22.0 Å². The summed E-state index contributed by atoms with van der Waals surface area (Å²) in [7, 11) is 0. The van der Waals surface area contributed by atoms with Crippen LogP contribution in [0, 0.1) is 12.0 Å². The minimum atomic E-state index is -1.38. The highest BCUT2D eigenvalue weighted by molar-refractivity contribution is 6.31. The minimum Gasteiger partial charge on any atom is -0.281 e. The number of halogens is 5. The van der Waals surface area contributed by atoms with Gasteiger partial charge < -0.3 is 0 Å². The van der Waals surface area contributed by atoms with Crippen molar-refractivity contribution in [2.45, 2.75) is 0 Å². The molecule has 0 unspecified atom stereocenters. The smallest absolute Gasteiger partial charge is 0.281 e. The fraction of sp³-hybridized carbons (Fsp3) is 0.125. The Balaban J connectivity index is 2.40. The highest BCUT2D eigenvalue weighted by Crippen LogP contribution is 2.24. The van der Waals surface area contributed by atoms with Crippen LogP contribution in [-0.4, -0.2) is 22.6 Å². The Labute approximate surface area is 97.3 Å². The normalized spacial score (nSPS) is 16.3. The average Bonchev–Trinajstić information content (AvgIpc) is 2.22. The minimum absolute atomic E-state index is 0.397. The summed E-state index contributed by atoms with van der Waals surface area (Å²) in [6.07, 6.45) is -2.68. The molecule has 2 rings (SSSR count). The largest absolute Gasteiger partial charge is 0.313 e. The van der Waals surface area contributed by atoms with Crippen LogP contribution >= 0.6 is 11.6 Å². The number of rotatable bonds is 1. The molecule has 1 aliphatic rings. The quantitative estimate of drug-likeness (QED) is 0.339. The maximum atomic E-state index is 13.3. The second kappa shape index (κ2) is 4.28. The van der Waals surface area contributed by atoms with Gasteiger partial charge in [0.15, 0.2) is 0 Å². The Morgan fingerprint density at radius 1 is 1.18 bits per heavy atom. The van der Waals surface area contributed by atoms with Crippen LogP contribution in [0.5, 0.6) is 0 Å². The van der Waals surface area contributed by atoms with Crippen molar-refractivity contribution in [3.8, 4) is 0 Å². The molecule has 1 aromatic rings. The molecule has 2 heterocycles. The first-order valence-electron chi connectivity index (χ1n) is 4.23. The van der Waals surface area contributed by atoms with Gasteiger partial charge in [-0.2, -0.15) is 32.5 Å². The molecular weight excluding hydrogens is 264 g/mol. The second-order valence-electron chi connectivity index (χ2n) is 2.98. The van der Waals surface area contributed by atoms with Crippen LogP contribution in [0.4, 0.5) is 23.4 Å². The number of anilines is 1. The SMILES string of the molecule is FC1=NC(F)=C(Cl)CN1c1cc(F)nc(F)n1. The number of hydrogen-bond acceptors (Lipinski definition) is 4. The van der Waals surface area contributed by atoms with E-state index in [0.29, 0.717) is 11.0 Å². The van der Waals surface area contributed by atoms with Gasteiger partial charge in [0.2, 0.25) is 11.9 Å². The highest BCUT2D eigenvalue weighted by atomic mass is 35.5. The second-order valence-corrected chi connectivity index (χ2v) is 3.44. The Hall–Kier alpha value is -1.70. The van der Waals surface area contributed by atoms with Gasteiger partial charge >= 0.3 is 6.08 Å². The Morgan fingerprint density at radius 2 is 1.88 bits per heavy atom. The molecule has 0 aromatic carbocycles. The lowest BCUT2D eigenvalue weighted by atomic mass is 10.4. The zero-order valence-electron chi connectivity index (χ0n) is 7.96. The molecule has 0 saturated heterocycles. The number of aliphatic imine (C=N–C) groups is 1. The number of aromatic nitrogens is 2. The van der Waals surface area contributed by atoms with Gasteiger partial charge in [-0.3, -0.25) is 4.90 Å². The van der Waals surface area contributed by atoms with E-state index in [1.807, 2.05) is 0 Å². The Kier molecular flexibility index (Phi) is 2.97. The molecule has 17 heavy (non-hydrogen) atoms. The van der Waals surface area contributed by atoms with Crippen molar-refractivity contribution in [3.63, 3.8) is 0 Å². The van der Waals surface area contributed by atoms with Crippen LogP contribution in [0.25, 0.3) is 0 Å². The maximum absolute atomic E-state index is 13.3. The monoisotopic (exact) mass is 266 g/mol. The third kappa shape index (κ3) is 2.36. The lowest BCUT2D eigenvalue weighted by Crippen LogP contribution is -2.33. The summed E-state index contributed by atoms with van der Waals surface area (Å²) in [4.78, 5) is 9.33. The van der Waals surface area contributed by atoms with Crippen molar-refractivity contribution in [1.29, 1.82) is 0 Å². The predicted molar refractivity (Wildman–Crippen MR) is 51.8 cm³/mol. The average molecular weight is 267 g/mol. The third-order valence-corrected chi connectivity index (χ3v) is 2.14. The lowest BCUT2D eigenvalue weighted by molar-refractivity contribution is 0.482. The van der Waals surface area contributed by atoms with E-state index in [9.17, 15) is 17.6 Å². The van der Waals surface area contributed by atoms with Crippen molar-refractivity contribution >= 4 is 23.5 Å². The van der Waals surface area contributed by atoms with E-state index in [2.05, 4.69) is 15.0 Å². The summed E-state index contributed by atoms with van der Waals surface area (Å²) in [6, 6.07) is 0.672. The van der Waals surface area contributed by atoms with Crippen molar-refractivity contribution in [2.24, 2.45) is 4.99 Å². The Bertz CT molecular complexity index is 510. The summed E-state index contributed by atoms with van der Waals surface area (Å²) in [6.45, 7) is -0.460. The maximum Gasteiger partial charge on any atom is 0.313 e. The van der Waals surface area contributed by atoms with E-state index in [0.717, 1.165) is 0 Å². The summed E-state index contributed by atoms with van der Waals surface area (Å²) in [5.74, 6) is -2.82. The molecule has 0 fully saturated rings. The van der Waals surface area contributed by atoms with E-state index in [4.69, 9.17) is 11.6 Å². The molecule has 1 aromatic heterocycles. The van der Waals surface area contributed by atoms with Crippen LogP contribution in [0.2, 0.25) is 0 Å². The first kappa shape index (κ1) is 11.8. The van der Waals surface area contributed by atoms with Crippen molar-refractivity contribution in [3.05, 3.63) is 29.1 Å². The Morgan fingerprint density at radius 3 is 2.53 bits per heavy atom. The number of hydrogen-bond donors (Lipinski definition) is 0. The molecule has 9 heteroatoms. The van der Waals surface area contributed by atoms with Gasteiger partial charge in [-0.15, -0.1) is 0 Å². The van der Waals surface area contributed by atoms with Crippen molar-refractivity contribution in [1.82, 2.24) is 9.97 Å². The molecule has 4 nitrogen and oxygen atoms in total. The van der Waals surface area contributed by atoms with E-state index in [1.54, 1.807) is 0 Å². The van der Waals surface area contributed by atoms with Gasteiger partial charge in [0.25, 0.3) is 6.09 Å². The zero-order valence-corrected chi connectivity index (χ0v) is 8.72. The lowest BCUT2D eigenvalue weighted by Gasteiger charge is -2.22. The van der Waals surface area contributed by atoms with Gasteiger partial charge in [0.05, 0.1) is 11.6 Å². The van der Waals surface area contributed by atoms with Crippen LogP contribution in [0.3, 0.4) is 0 Å². The highest BCUT2D eigenvalue weighted by Gasteiger charge is 2.24. The van der Waals surface area contributed by atoms with E-state index in [1.165, 1.54) is 0 Å². The molecule has 0 atom stereocenters. The first-order chi connectivity index (χ1) is 7.97. The third-order valence-electron chi connectivity index (χ3n) is 1.86. The van der Waals surface area contributed by atoms with Gasteiger partial charge in [-0.05, 0) is 0 Å². The molecule has 0 saturated carbocycles. The molecule has 0 radical (unpaired) electrons. The molecule has 1 aliphatic heterocycles. The fourth-order valence-electron chi connectivity index (χ4n) is 1.16. The molecule has 0 N–H and O–H groups in total. The first-order valence-corrected chi connectivity index (χ1v) is 4.61. The van der Waals surface area contributed by atoms with Gasteiger partial charge in [0.1, 0.15) is 5.82 Å². The molecule has 0 bridgehead atoms. The number of amidine groups is 1. The summed E-state index contributed by atoms with van der Waals surface area (Å²) < 4.78 is 51.5.